The topological polar surface area (TPSA) is 29.9 Å². The van der Waals surface area contributed by atoms with Crippen LogP contribution in [-0.2, 0) is 7.05 Å². The van der Waals surface area contributed by atoms with E-state index < -0.39 is 0 Å². The molecule has 0 saturated heterocycles. The van der Waals surface area contributed by atoms with Crippen molar-refractivity contribution in [1.29, 1.82) is 0 Å². The van der Waals surface area contributed by atoms with Crippen molar-refractivity contribution in [3.8, 4) is 0 Å². The summed E-state index contributed by atoms with van der Waals surface area (Å²) in [5.74, 6) is -0.164. The van der Waals surface area contributed by atoms with Crippen LogP contribution in [0, 0.1) is 12.7 Å². The van der Waals surface area contributed by atoms with Crippen molar-refractivity contribution >= 4 is 0 Å². The van der Waals surface area contributed by atoms with Crippen LogP contribution in [0.1, 0.15) is 36.2 Å². The minimum atomic E-state index is -0.164. The molecule has 0 aliphatic rings. The van der Waals surface area contributed by atoms with E-state index >= 15 is 0 Å². The van der Waals surface area contributed by atoms with Gasteiger partial charge in [-0.15, -0.1) is 0 Å². The van der Waals surface area contributed by atoms with Crippen molar-refractivity contribution in [2.45, 2.75) is 26.3 Å². The molecular weight excluding hydrogens is 241 g/mol. The normalized spacial score (nSPS) is 12.6. The lowest BCUT2D eigenvalue weighted by Gasteiger charge is -2.19. The van der Waals surface area contributed by atoms with E-state index in [-0.39, 0.29) is 11.9 Å². The van der Waals surface area contributed by atoms with Gasteiger partial charge in [-0.3, -0.25) is 4.68 Å². The van der Waals surface area contributed by atoms with Gasteiger partial charge in [0.05, 0.1) is 11.7 Å². The Morgan fingerprint density at radius 3 is 2.74 bits per heavy atom. The smallest absolute Gasteiger partial charge is 0.126 e. The van der Waals surface area contributed by atoms with Crippen molar-refractivity contribution in [2.75, 3.05) is 6.54 Å². The fourth-order valence-corrected chi connectivity index (χ4v) is 2.14. The number of aryl methyl sites for hydroxylation is 2. The molecule has 0 aliphatic heterocycles. The summed E-state index contributed by atoms with van der Waals surface area (Å²) in [5, 5.41) is 7.64. The summed E-state index contributed by atoms with van der Waals surface area (Å²) in [5.41, 5.74) is 2.64. The number of hydrogen-bond acceptors (Lipinski definition) is 2. The van der Waals surface area contributed by atoms with Crippen molar-refractivity contribution in [1.82, 2.24) is 15.1 Å². The summed E-state index contributed by atoms with van der Waals surface area (Å²) in [6.45, 7) is 4.77. The minimum Gasteiger partial charge on any atom is -0.305 e. The van der Waals surface area contributed by atoms with Crippen LogP contribution in [0.5, 0.6) is 0 Å². The summed E-state index contributed by atoms with van der Waals surface area (Å²) in [6, 6.07) is 7.34. The lowest BCUT2D eigenvalue weighted by molar-refractivity contribution is 0.547. The number of halogens is 1. The summed E-state index contributed by atoms with van der Waals surface area (Å²) in [7, 11) is 1.90. The van der Waals surface area contributed by atoms with E-state index in [1.165, 1.54) is 0 Å². The molecule has 0 amide bonds. The van der Waals surface area contributed by atoms with E-state index in [2.05, 4.69) is 17.3 Å². The number of hydrogen-bond donors (Lipinski definition) is 1. The van der Waals surface area contributed by atoms with Crippen LogP contribution in [0.3, 0.4) is 0 Å². The van der Waals surface area contributed by atoms with E-state index in [0.29, 0.717) is 5.56 Å². The molecule has 1 aromatic heterocycles. The number of aromatic nitrogens is 2. The molecule has 0 aliphatic carbocycles. The molecule has 19 heavy (non-hydrogen) atoms. The molecule has 0 bridgehead atoms. The highest BCUT2D eigenvalue weighted by Gasteiger charge is 2.17. The first-order valence-electron chi connectivity index (χ1n) is 6.60. The van der Waals surface area contributed by atoms with E-state index in [1.54, 1.807) is 19.2 Å². The second-order valence-electron chi connectivity index (χ2n) is 4.78. The molecular formula is C15H20FN3. The third-order valence-electron chi connectivity index (χ3n) is 3.28. The predicted molar refractivity (Wildman–Crippen MR) is 74.5 cm³/mol. The van der Waals surface area contributed by atoms with Crippen LogP contribution in [0.2, 0.25) is 0 Å². The molecule has 1 unspecified atom stereocenters. The molecule has 0 spiro atoms. The summed E-state index contributed by atoms with van der Waals surface area (Å²) >= 11 is 0. The van der Waals surface area contributed by atoms with Crippen molar-refractivity contribution in [2.24, 2.45) is 7.05 Å². The molecule has 0 fully saturated rings. The third-order valence-corrected chi connectivity index (χ3v) is 3.28. The molecule has 3 nitrogen and oxygen atoms in total. The first-order valence-corrected chi connectivity index (χ1v) is 6.60. The first kappa shape index (κ1) is 13.7. The van der Waals surface area contributed by atoms with Crippen LogP contribution in [0.25, 0.3) is 0 Å². The molecule has 0 saturated carbocycles. The zero-order valence-corrected chi connectivity index (χ0v) is 11.7. The maximum atomic E-state index is 13.8. The quantitative estimate of drug-likeness (QED) is 0.896. The summed E-state index contributed by atoms with van der Waals surface area (Å²) in [6.07, 6.45) is 2.79. The summed E-state index contributed by atoms with van der Waals surface area (Å²) in [4.78, 5) is 0. The number of nitrogens with one attached hydrogen (secondary N) is 1. The van der Waals surface area contributed by atoms with Gasteiger partial charge in [0.15, 0.2) is 0 Å². The fraction of sp³-hybridized carbons (Fsp3) is 0.400. The average molecular weight is 261 g/mol. The van der Waals surface area contributed by atoms with E-state index in [4.69, 9.17) is 0 Å². The Kier molecular flexibility index (Phi) is 4.32. The molecule has 4 heteroatoms. The monoisotopic (exact) mass is 261 g/mol. The molecule has 2 aromatic rings. The van der Waals surface area contributed by atoms with Gasteiger partial charge in [0.2, 0.25) is 0 Å². The van der Waals surface area contributed by atoms with Crippen molar-refractivity contribution < 1.29 is 4.39 Å². The molecule has 1 N–H and O–H groups in total. The van der Waals surface area contributed by atoms with Gasteiger partial charge in [0.1, 0.15) is 5.82 Å². The number of benzene rings is 1. The Bertz CT molecular complexity index is 548. The van der Waals surface area contributed by atoms with Crippen LogP contribution in [0.4, 0.5) is 4.39 Å². The van der Waals surface area contributed by atoms with Crippen LogP contribution >= 0.6 is 0 Å². The SMILES string of the molecule is CCCNC(c1ccc(C)c(F)c1)c1ccnn1C. The standard InChI is InChI=1S/C15H20FN3/c1-4-8-17-15(14-7-9-18-19(14)3)12-6-5-11(2)13(16)10-12/h5-7,9-10,15,17H,4,8H2,1-3H3. The summed E-state index contributed by atoms with van der Waals surface area (Å²) < 4.78 is 15.6. The second-order valence-corrected chi connectivity index (χ2v) is 4.78. The highest BCUT2D eigenvalue weighted by Crippen LogP contribution is 2.23. The van der Waals surface area contributed by atoms with E-state index in [1.807, 2.05) is 29.9 Å². The molecule has 1 atom stereocenters. The van der Waals surface area contributed by atoms with Crippen LogP contribution in [0.15, 0.2) is 30.5 Å². The largest absolute Gasteiger partial charge is 0.305 e. The van der Waals surface area contributed by atoms with Crippen molar-refractivity contribution in [3.05, 3.63) is 53.1 Å². The Balaban J connectivity index is 2.37. The Labute approximate surface area is 113 Å². The second kappa shape index (κ2) is 5.97. The predicted octanol–water partition coefficient (Wildman–Crippen LogP) is 2.96. The lowest BCUT2D eigenvalue weighted by Crippen LogP contribution is -2.25. The first-order chi connectivity index (χ1) is 9.13. The molecule has 0 radical (unpaired) electrons. The van der Waals surface area contributed by atoms with E-state index in [0.717, 1.165) is 24.2 Å². The van der Waals surface area contributed by atoms with Gasteiger partial charge in [-0.2, -0.15) is 5.10 Å². The number of nitrogens with zero attached hydrogens (tertiary/aromatic N) is 2. The highest BCUT2D eigenvalue weighted by atomic mass is 19.1. The Morgan fingerprint density at radius 1 is 1.37 bits per heavy atom. The molecule has 1 heterocycles. The maximum absolute atomic E-state index is 13.8. The minimum absolute atomic E-state index is 0.0254. The van der Waals surface area contributed by atoms with Gasteiger partial charge in [0.25, 0.3) is 0 Å². The van der Waals surface area contributed by atoms with Crippen LogP contribution < -0.4 is 5.32 Å². The Morgan fingerprint density at radius 2 is 2.16 bits per heavy atom. The molecule has 2 rings (SSSR count). The van der Waals surface area contributed by atoms with Gasteiger partial charge < -0.3 is 5.32 Å². The van der Waals surface area contributed by atoms with Crippen LogP contribution in [-0.4, -0.2) is 16.3 Å². The third kappa shape index (κ3) is 3.01. The zero-order valence-electron chi connectivity index (χ0n) is 11.7. The lowest BCUT2D eigenvalue weighted by atomic mass is 10.0. The zero-order chi connectivity index (χ0) is 13.8. The van der Waals surface area contributed by atoms with Gasteiger partial charge in [0, 0.05) is 13.2 Å². The number of rotatable bonds is 5. The average Bonchev–Trinajstić information content (AvgIpc) is 2.80. The van der Waals surface area contributed by atoms with E-state index in [9.17, 15) is 4.39 Å². The molecule has 102 valence electrons. The highest BCUT2D eigenvalue weighted by molar-refractivity contribution is 5.31. The van der Waals surface area contributed by atoms with Gasteiger partial charge in [-0.25, -0.2) is 4.39 Å². The van der Waals surface area contributed by atoms with Crippen molar-refractivity contribution in [3.63, 3.8) is 0 Å². The fourth-order valence-electron chi connectivity index (χ4n) is 2.14. The Hall–Kier alpha value is -1.68. The van der Waals surface area contributed by atoms with Gasteiger partial charge >= 0.3 is 0 Å². The molecule has 1 aromatic carbocycles. The maximum Gasteiger partial charge on any atom is 0.126 e. The van der Waals surface area contributed by atoms with Gasteiger partial charge in [-0.05, 0) is 43.1 Å². The van der Waals surface area contributed by atoms with Gasteiger partial charge in [-0.1, -0.05) is 19.1 Å².